The molecule has 4 nitrogen and oxygen atoms in total. The number of anilines is 1. The van der Waals surface area contributed by atoms with Crippen LogP contribution in [0.5, 0.6) is 11.5 Å². The van der Waals surface area contributed by atoms with Gasteiger partial charge in [-0.05, 0) is 31.2 Å². The summed E-state index contributed by atoms with van der Waals surface area (Å²) in [5.74, 6) is 0.911. The molecule has 0 bridgehead atoms. The smallest absolute Gasteiger partial charge is 0.286 e. The van der Waals surface area contributed by atoms with Crippen molar-refractivity contribution in [3.8, 4) is 11.5 Å². The fourth-order valence-corrected chi connectivity index (χ4v) is 2.13. The van der Waals surface area contributed by atoms with Crippen molar-refractivity contribution in [2.24, 2.45) is 0 Å². The number of para-hydroxylation sites is 2. The van der Waals surface area contributed by atoms with Crippen LogP contribution in [0.15, 0.2) is 42.5 Å². The lowest BCUT2D eigenvalue weighted by Gasteiger charge is -2.18. The zero-order chi connectivity index (χ0) is 13.4. The normalized spacial score (nSPS) is 13.4. The number of aryl methyl sites for hydroxylation is 1. The molecule has 0 unspecified atom stereocenters. The van der Waals surface area contributed by atoms with Crippen LogP contribution in [0.25, 0.3) is 0 Å². The predicted octanol–water partition coefficient (Wildman–Crippen LogP) is 3.31. The van der Waals surface area contributed by atoms with Crippen molar-refractivity contribution in [1.29, 1.82) is 0 Å². The van der Waals surface area contributed by atoms with Crippen molar-refractivity contribution in [2.75, 3.05) is 12.2 Å². The van der Waals surface area contributed by atoms with Gasteiger partial charge in [-0.25, -0.2) is 0 Å². The minimum atomic E-state index is -0.230. The van der Waals surface area contributed by atoms with E-state index in [1.54, 1.807) is 18.2 Å². The van der Waals surface area contributed by atoms with Gasteiger partial charge < -0.3 is 4.74 Å². The van der Waals surface area contributed by atoms with Crippen molar-refractivity contribution >= 4 is 11.6 Å². The molecule has 0 saturated carbocycles. The number of nitrogens with zero attached hydrogens (tertiary/aromatic N) is 1. The van der Waals surface area contributed by atoms with Gasteiger partial charge in [0, 0.05) is 0 Å². The molecule has 1 aliphatic heterocycles. The number of benzene rings is 2. The Labute approximate surface area is 111 Å². The number of carbonyl (C=O) groups is 1. The van der Waals surface area contributed by atoms with Gasteiger partial charge in [0.2, 0.25) is 0 Å². The van der Waals surface area contributed by atoms with Crippen molar-refractivity contribution in [3.63, 3.8) is 0 Å². The summed E-state index contributed by atoms with van der Waals surface area (Å²) in [6.45, 7) is 1.93. The fourth-order valence-electron chi connectivity index (χ4n) is 2.13. The molecule has 0 aromatic heterocycles. The average molecular weight is 255 g/mol. The number of hydrogen-bond donors (Lipinski definition) is 0. The third kappa shape index (κ3) is 1.86. The van der Waals surface area contributed by atoms with E-state index in [0.717, 1.165) is 5.56 Å². The molecule has 0 aliphatic carbocycles. The Bertz CT molecular complexity index is 652. The van der Waals surface area contributed by atoms with Crippen molar-refractivity contribution in [2.45, 2.75) is 6.92 Å². The molecule has 19 heavy (non-hydrogen) atoms. The number of rotatable bonds is 1. The number of hydroxylamine groups is 1. The summed E-state index contributed by atoms with van der Waals surface area (Å²) < 4.78 is 5.82. The van der Waals surface area contributed by atoms with E-state index in [2.05, 4.69) is 0 Å². The van der Waals surface area contributed by atoms with Gasteiger partial charge >= 0.3 is 0 Å². The highest BCUT2D eigenvalue weighted by atomic mass is 16.7. The number of amides is 1. The van der Waals surface area contributed by atoms with Gasteiger partial charge in [-0.2, -0.15) is 5.06 Å². The van der Waals surface area contributed by atoms with Crippen LogP contribution < -0.4 is 9.80 Å². The van der Waals surface area contributed by atoms with E-state index in [1.165, 1.54) is 12.2 Å². The van der Waals surface area contributed by atoms with Crippen LogP contribution in [-0.4, -0.2) is 13.0 Å². The van der Waals surface area contributed by atoms with Crippen molar-refractivity contribution in [1.82, 2.24) is 0 Å². The molecule has 1 aliphatic rings. The molecule has 0 fully saturated rings. The van der Waals surface area contributed by atoms with E-state index in [-0.39, 0.29) is 5.91 Å². The van der Waals surface area contributed by atoms with Gasteiger partial charge in [-0.1, -0.05) is 23.8 Å². The maximum absolute atomic E-state index is 12.5. The van der Waals surface area contributed by atoms with Gasteiger partial charge in [0.15, 0.2) is 5.75 Å². The minimum Gasteiger partial charge on any atom is -0.454 e. The predicted molar refractivity (Wildman–Crippen MR) is 71.5 cm³/mol. The third-order valence-corrected chi connectivity index (χ3v) is 3.04. The number of ether oxygens (including phenoxy) is 1. The molecule has 3 rings (SSSR count). The Kier molecular flexibility index (Phi) is 2.72. The molecule has 0 N–H and O–H groups in total. The van der Waals surface area contributed by atoms with E-state index >= 15 is 0 Å². The number of fused-ring (bicyclic) bond motifs is 2. The highest BCUT2D eigenvalue weighted by Gasteiger charge is 2.28. The van der Waals surface area contributed by atoms with Gasteiger partial charge in [0.25, 0.3) is 5.91 Å². The Hall–Kier alpha value is -2.33. The molecule has 0 atom stereocenters. The zero-order valence-electron chi connectivity index (χ0n) is 10.7. The summed E-state index contributed by atoms with van der Waals surface area (Å²) in [6.07, 6.45) is 0. The Morgan fingerprint density at radius 3 is 2.68 bits per heavy atom. The first kappa shape index (κ1) is 11.7. The summed E-state index contributed by atoms with van der Waals surface area (Å²) >= 11 is 0. The van der Waals surface area contributed by atoms with E-state index < -0.39 is 0 Å². The first-order chi connectivity index (χ1) is 9.20. The van der Waals surface area contributed by atoms with Crippen molar-refractivity contribution < 1.29 is 14.4 Å². The first-order valence-electron chi connectivity index (χ1n) is 5.97. The lowest BCUT2D eigenvalue weighted by molar-refractivity contribution is 0.0775. The molecule has 96 valence electrons. The number of carbonyl (C=O) groups excluding carboxylic acids is 1. The molecule has 2 aromatic rings. The topological polar surface area (TPSA) is 38.8 Å². The molecule has 0 spiro atoms. The lowest BCUT2D eigenvalue weighted by Crippen LogP contribution is -2.28. The molecular formula is C15H13NO3. The fraction of sp³-hybridized carbons (Fsp3) is 0.133. The number of hydrogen-bond acceptors (Lipinski definition) is 3. The third-order valence-electron chi connectivity index (χ3n) is 3.04. The first-order valence-corrected chi connectivity index (χ1v) is 5.97. The largest absolute Gasteiger partial charge is 0.454 e. The average Bonchev–Trinajstić information content (AvgIpc) is 2.53. The highest BCUT2D eigenvalue weighted by molar-refractivity contribution is 6.08. The summed E-state index contributed by atoms with van der Waals surface area (Å²) in [4.78, 5) is 17.7. The molecule has 1 heterocycles. The molecule has 2 aromatic carbocycles. The van der Waals surface area contributed by atoms with E-state index in [4.69, 9.17) is 9.57 Å². The van der Waals surface area contributed by atoms with Crippen LogP contribution >= 0.6 is 0 Å². The van der Waals surface area contributed by atoms with Crippen molar-refractivity contribution in [3.05, 3.63) is 53.6 Å². The second-order valence-corrected chi connectivity index (χ2v) is 4.35. The minimum absolute atomic E-state index is 0.230. The molecule has 1 amide bonds. The Morgan fingerprint density at radius 2 is 1.89 bits per heavy atom. The van der Waals surface area contributed by atoms with Crippen LogP contribution in [-0.2, 0) is 4.84 Å². The molecule has 0 radical (unpaired) electrons. The summed E-state index contributed by atoms with van der Waals surface area (Å²) in [5.41, 5.74) is 2.10. The maximum atomic E-state index is 12.5. The quantitative estimate of drug-likeness (QED) is 0.784. The summed E-state index contributed by atoms with van der Waals surface area (Å²) in [5, 5.41) is 1.25. The summed E-state index contributed by atoms with van der Waals surface area (Å²) in [7, 11) is 1.47. The second-order valence-electron chi connectivity index (χ2n) is 4.35. The summed E-state index contributed by atoms with van der Waals surface area (Å²) in [6, 6.07) is 12.8. The lowest BCUT2D eigenvalue weighted by atomic mass is 10.1. The Morgan fingerprint density at radius 1 is 1.11 bits per heavy atom. The monoisotopic (exact) mass is 255 g/mol. The van der Waals surface area contributed by atoms with Crippen LogP contribution in [0, 0.1) is 6.92 Å². The van der Waals surface area contributed by atoms with Gasteiger partial charge in [-0.3, -0.25) is 9.63 Å². The molecular weight excluding hydrogens is 242 g/mol. The zero-order valence-corrected chi connectivity index (χ0v) is 10.7. The van der Waals surface area contributed by atoms with Crippen LogP contribution in [0.3, 0.4) is 0 Å². The van der Waals surface area contributed by atoms with Crippen LogP contribution in [0.1, 0.15) is 15.9 Å². The van der Waals surface area contributed by atoms with Gasteiger partial charge in [0.1, 0.15) is 11.4 Å². The van der Waals surface area contributed by atoms with E-state index in [1.807, 2.05) is 31.2 Å². The standard InChI is InChI=1S/C15H13NO3/c1-10-7-8-13-11(9-10)15(17)16(18-2)12-5-3-4-6-14(12)19-13/h3-9H,1-2H3. The Balaban J connectivity index is 2.23. The maximum Gasteiger partial charge on any atom is 0.286 e. The molecule has 0 saturated heterocycles. The SMILES string of the molecule is CON1C(=O)c2cc(C)ccc2Oc2ccccc21. The molecule has 4 heteroatoms. The van der Waals surface area contributed by atoms with Gasteiger partial charge in [0.05, 0.1) is 12.7 Å². The van der Waals surface area contributed by atoms with E-state index in [0.29, 0.717) is 22.7 Å². The van der Waals surface area contributed by atoms with Gasteiger partial charge in [-0.15, -0.1) is 0 Å². The van der Waals surface area contributed by atoms with Crippen LogP contribution in [0.4, 0.5) is 5.69 Å². The van der Waals surface area contributed by atoms with E-state index in [9.17, 15) is 4.79 Å². The second kappa shape index (κ2) is 4.40. The van der Waals surface area contributed by atoms with Crippen LogP contribution in [0.2, 0.25) is 0 Å². The highest BCUT2D eigenvalue weighted by Crippen LogP contribution is 2.38.